The van der Waals surface area contributed by atoms with Crippen molar-refractivity contribution in [2.45, 2.75) is 13.8 Å². The van der Waals surface area contributed by atoms with E-state index in [0.29, 0.717) is 5.75 Å². The molecule has 0 radical (unpaired) electrons. The predicted molar refractivity (Wildman–Crippen MR) is 71.0 cm³/mol. The van der Waals surface area contributed by atoms with Gasteiger partial charge in [0.05, 0.1) is 13.0 Å². The van der Waals surface area contributed by atoms with Crippen LogP contribution in [0, 0.1) is 5.92 Å². The lowest BCUT2D eigenvalue weighted by molar-refractivity contribution is -0.137. The molecule has 0 unspecified atom stereocenters. The van der Waals surface area contributed by atoms with Crippen molar-refractivity contribution in [3.8, 4) is 11.5 Å². The monoisotopic (exact) mass is 244 g/mol. The highest BCUT2D eigenvalue weighted by molar-refractivity contribution is 5.86. The topological polar surface area (TPSA) is 35.5 Å². The number of fused-ring (bicyclic) bond motifs is 1. The molecule has 0 aliphatic heterocycles. The molecule has 0 spiro atoms. The molecule has 2 aromatic rings. The zero-order valence-electron chi connectivity index (χ0n) is 10.8. The van der Waals surface area contributed by atoms with E-state index >= 15 is 0 Å². The van der Waals surface area contributed by atoms with Crippen LogP contribution in [0.25, 0.3) is 10.8 Å². The van der Waals surface area contributed by atoms with Crippen molar-refractivity contribution >= 4 is 16.7 Å². The van der Waals surface area contributed by atoms with Gasteiger partial charge in [0.25, 0.3) is 0 Å². The Kier molecular flexibility index (Phi) is 3.51. The minimum Gasteiger partial charge on any atom is -0.497 e. The number of methoxy groups -OCH3 is 1. The third kappa shape index (κ3) is 2.62. The van der Waals surface area contributed by atoms with Crippen LogP contribution in [-0.2, 0) is 4.79 Å². The largest absolute Gasteiger partial charge is 0.497 e. The van der Waals surface area contributed by atoms with Gasteiger partial charge in [-0.25, -0.2) is 0 Å². The summed E-state index contributed by atoms with van der Waals surface area (Å²) in [5, 5.41) is 2.07. The lowest BCUT2D eigenvalue weighted by Crippen LogP contribution is -2.14. The van der Waals surface area contributed by atoms with Gasteiger partial charge in [0, 0.05) is 0 Å². The quantitative estimate of drug-likeness (QED) is 0.613. The van der Waals surface area contributed by atoms with Gasteiger partial charge in [-0.2, -0.15) is 0 Å². The van der Waals surface area contributed by atoms with E-state index in [1.54, 1.807) is 13.2 Å². The SMILES string of the molecule is COc1ccc2cc(OC(=O)C(C)C)ccc2c1. The Morgan fingerprint density at radius 3 is 2.11 bits per heavy atom. The van der Waals surface area contributed by atoms with Crippen molar-refractivity contribution in [3.63, 3.8) is 0 Å². The molecule has 0 saturated carbocycles. The summed E-state index contributed by atoms with van der Waals surface area (Å²) in [5.41, 5.74) is 0. The molecule has 0 aliphatic carbocycles. The number of hydrogen-bond acceptors (Lipinski definition) is 3. The maximum Gasteiger partial charge on any atom is 0.313 e. The molecule has 0 atom stereocenters. The molecular formula is C15H16O3. The van der Waals surface area contributed by atoms with Gasteiger partial charge in [-0.15, -0.1) is 0 Å². The van der Waals surface area contributed by atoms with Crippen LogP contribution < -0.4 is 9.47 Å². The van der Waals surface area contributed by atoms with Crippen molar-refractivity contribution in [2.75, 3.05) is 7.11 Å². The van der Waals surface area contributed by atoms with Crippen molar-refractivity contribution in [1.82, 2.24) is 0 Å². The normalized spacial score (nSPS) is 10.7. The molecule has 94 valence electrons. The maximum atomic E-state index is 11.5. The summed E-state index contributed by atoms with van der Waals surface area (Å²) in [4.78, 5) is 11.5. The van der Waals surface area contributed by atoms with E-state index in [9.17, 15) is 4.79 Å². The Bertz CT molecular complexity index is 573. The molecule has 3 nitrogen and oxygen atoms in total. The van der Waals surface area contributed by atoms with Crippen LogP contribution >= 0.6 is 0 Å². The average Bonchev–Trinajstić information content (AvgIpc) is 2.37. The molecule has 0 saturated heterocycles. The van der Waals surface area contributed by atoms with Crippen LogP contribution in [0.5, 0.6) is 11.5 Å². The first-order valence-corrected chi connectivity index (χ1v) is 5.89. The first kappa shape index (κ1) is 12.4. The number of benzene rings is 2. The number of hydrogen-bond donors (Lipinski definition) is 0. The van der Waals surface area contributed by atoms with Crippen LogP contribution in [0.2, 0.25) is 0 Å². The fourth-order valence-corrected chi connectivity index (χ4v) is 1.63. The van der Waals surface area contributed by atoms with Gasteiger partial charge in [0.1, 0.15) is 11.5 Å². The second-order valence-corrected chi connectivity index (χ2v) is 4.45. The van der Waals surface area contributed by atoms with E-state index in [1.807, 2.05) is 44.2 Å². The highest BCUT2D eigenvalue weighted by atomic mass is 16.5. The summed E-state index contributed by atoms with van der Waals surface area (Å²) in [5.74, 6) is 1.04. The summed E-state index contributed by atoms with van der Waals surface area (Å²) in [6.07, 6.45) is 0. The Hall–Kier alpha value is -2.03. The molecule has 2 aromatic carbocycles. The Balaban J connectivity index is 2.30. The summed E-state index contributed by atoms with van der Waals surface area (Å²) in [7, 11) is 1.64. The Labute approximate surface area is 106 Å². The van der Waals surface area contributed by atoms with Gasteiger partial charge in [-0.3, -0.25) is 4.79 Å². The zero-order valence-corrected chi connectivity index (χ0v) is 10.8. The molecule has 3 heteroatoms. The van der Waals surface area contributed by atoms with Crippen LogP contribution in [0.3, 0.4) is 0 Å². The van der Waals surface area contributed by atoms with Gasteiger partial charge in [-0.05, 0) is 35.0 Å². The van der Waals surface area contributed by atoms with E-state index in [4.69, 9.17) is 9.47 Å². The molecular weight excluding hydrogens is 228 g/mol. The van der Waals surface area contributed by atoms with Crippen molar-refractivity contribution in [2.24, 2.45) is 5.92 Å². The molecule has 0 N–H and O–H groups in total. The summed E-state index contributed by atoms with van der Waals surface area (Å²) in [6.45, 7) is 3.63. The van der Waals surface area contributed by atoms with Crippen LogP contribution in [-0.4, -0.2) is 13.1 Å². The molecule has 0 aromatic heterocycles. The van der Waals surface area contributed by atoms with Crippen LogP contribution in [0.1, 0.15) is 13.8 Å². The number of rotatable bonds is 3. The minimum atomic E-state index is -0.220. The number of esters is 1. The van der Waals surface area contributed by atoms with E-state index in [-0.39, 0.29) is 11.9 Å². The van der Waals surface area contributed by atoms with Gasteiger partial charge in [0.2, 0.25) is 0 Å². The van der Waals surface area contributed by atoms with E-state index in [1.165, 1.54) is 0 Å². The molecule has 0 aliphatic rings. The fourth-order valence-electron chi connectivity index (χ4n) is 1.63. The second kappa shape index (κ2) is 5.08. The summed E-state index contributed by atoms with van der Waals surface area (Å²) < 4.78 is 10.4. The smallest absolute Gasteiger partial charge is 0.313 e. The molecule has 0 heterocycles. The third-order valence-corrected chi connectivity index (χ3v) is 2.71. The molecule has 0 bridgehead atoms. The maximum absolute atomic E-state index is 11.5. The third-order valence-electron chi connectivity index (χ3n) is 2.71. The molecule has 18 heavy (non-hydrogen) atoms. The Morgan fingerprint density at radius 1 is 1.00 bits per heavy atom. The minimum absolute atomic E-state index is 0.128. The molecule has 0 fully saturated rings. The van der Waals surface area contributed by atoms with Crippen molar-refractivity contribution < 1.29 is 14.3 Å². The van der Waals surface area contributed by atoms with Gasteiger partial charge < -0.3 is 9.47 Å². The lowest BCUT2D eigenvalue weighted by Gasteiger charge is -2.08. The zero-order chi connectivity index (χ0) is 13.1. The van der Waals surface area contributed by atoms with Gasteiger partial charge >= 0.3 is 5.97 Å². The number of carbonyl (C=O) groups excluding carboxylic acids is 1. The average molecular weight is 244 g/mol. The van der Waals surface area contributed by atoms with Gasteiger partial charge in [-0.1, -0.05) is 26.0 Å². The summed E-state index contributed by atoms with van der Waals surface area (Å²) >= 11 is 0. The number of ether oxygens (including phenoxy) is 2. The molecule has 2 rings (SSSR count). The van der Waals surface area contributed by atoms with Crippen LogP contribution in [0.15, 0.2) is 36.4 Å². The van der Waals surface area contributed by atoms with Crippen molar-refractivity contribution in [3.05, 3.63) is 36.4 Å². The van der Waals surface area contributed by atoms with Gasteiger partial charge in [0.15, 0.2) is 0 Å². The predicted octanol–water partition coefficient (Wildman–Crippen LogP) is 3.41. The van der Waals surface area contributed by atoms with Crippen LogP contribution in [0.4, 0.5) is 0 Å². The van der Waals surface area contributed by atoms with E-state index in [2.05, 4.69) is 0 Å². The lowest BCUT2D eigenvalue weighted by atomic mass is 10.1. The first-order valence-electron chi connectivity index (χ1n) is 5.89. The van der Waals surface area contributed by atoms with E-state index < -0.39 is 0 Å². The standard InChI is InChI=1S/C15H16O3/c1-10(2)15(16)18-14-7-5-11-8-13(17-3)6-4-12(11)9-14/h4-10H,1-3H3. The fraction of sp³-hybridized carbons (Fsp3) is 0.267. The highest BCUT2D eigenvalue weighted by Crippen LogP contribution is 2.25. The first-order chi connectivity index (χ1) is 8.60. The second-order valence-electron chi connectivity index (χ2n) is 4.45. The Morgan fingerprint density at radius 2 is 1.56 bits per heavy atom. The van der Waals surface area contributed by atoms with Crippen molar-refractivity contribution in [1.29, 1.82) is 0 Å². The molecule has 0 amide bonds. The highest BCUT2D eigenvalue weighted by Gasteiger charge is 2.09. The van der Waals surface area contributed by atoms with E-state index in [0.717, 1.165) is 16.5 Å². The number of carbonyl (C=O) groups is 1. The summed E-state index contributed by atoms with van der Waals surface area (Å²) in [6, 6.07) is 11.3.